The number of nitrogens with zero attached hydrogens (tertiary/aromatic N) is 4. The van der Waals surface area contributed by atoms with Gasteiger partial charge in [0.1, 0.15) is 17.6 Å². The predicted octanol–water partition coefficient (Wildman–Crippen LogP) is 4.26. The Morgan fingerprint density at radius 3 is 3.04 bits per heavy atom. The summed E-state index contributed by atoms with van der Waals surface area (Å²) in [5.41, 5.74) is 3.05. The lowest BCUT2D eigenvalue weighted by molar-refractivity contribution is 0.166. The summed E-state index contributed by atoms with van der Waals surface area (Å²) in [7, 11) is 0. The van der Waals surface area contributed by atoms with Crippen molar-refractivity contribution in [3.05, 3.63) is 40.9 Å². The van der Waals surface area contributed by atoms with Crippen LogP contribution in [0, 0.1) is 11.8 Å². The molecule has 2 aliphatic heterocycles. The number of thiophene rings is 1. The average Bonchev–Trinajstić information content (AvgIpc) is 3.15. The fourth-order valence-corrected chi connectivity index (χ4v) is 4.81. The van der Waals surface area contributed by atoms with E-state index in [1.807, 2.05) is 4.57 Å². The van der Waals surface area contributed by atoms with Crippen LogP contribution in [0.3, 0.4) is 0 Å². The van der Waals surface area contributed by atoms with E-state index in [-0.39, 0.29) is 0 Å². The summed E-state index contributed by atoms with van der Waals surface area (Å²) in [6.45, 7) is 2.80. The average molecular weight is 393 g/mol. The van der Waals surface area contributed by atoms with Crippen LogP contribution in [-0.2, 0) is 13.0 Å². The predicted molar refractivity (Wildman–Crippen MR) is 113 cm³/mol. The van der Waals surface area contributed by atoms with E-state index in [2.05, 4.69) is 53.3 Å². The molecule has 0 amide bonds. The van der Waals surface area contributed by atoms with Crippen molar-refractivity contribution in [1.82, 2.24) is 14.5 Å². The SMILES string of the molecule is FC1CCN(CC2=Nc3nc(-c4cc5c(s4)CC=CC=C5)cn3CC#C2)CC1. The molecule has 3 aliphatic rings. The van der Waals surface area contributed by atoms with Gasteiger partial charge in [-0.15, -0.1) is 11.3 Å². The van der Waals surface area contributed by atoms with Gasteiger partial charge in [-0.1, -0.05) is 30.2 Å². The van der Waals surface area contributed by atoms with Crippen LogP contribution in [0.1, 0.15) is 23.3 Å². The Bertz CT molecular complexity index is 1040. The number of hydrogen-bond donors (Lipinski definition) is 0. The van der Waals surface area contributed by atoms with E-state index < -0.39 is 6.17 Å². The lowest BCUT2D eigenvalue weighted by Crippen LogP contribution is -2.37. The molecule has 4 nitrogen and oxygen atoms in total. The van der Waals surface area contributed by atoms with E-state index in [0.717, 1.165) is 30.9 Å². The number of aliphatic imine (C=N–C) groups is 1. The summed E-state index contributed by atoms with van der Waals surface area (Å²) in [4.78, 5) is 14.3. The van der Waals surface area contributed by atoms with Crippen molar-refractivity contribution in [2.24, 2.45) is 4.99 Å². The molecule has 142 valence electrons. The number of imidazole rings is 1. The van der Waals surface area contributed by atoms with E-state index in [0.29, 0.717) is 31.9 Å². The molecule has 0 unspecified atom stereocenters. The zero-order valence-corrected chi connectivity index (χ0v) is 16.4. The highest BCUT2D eigenvalue weighted by Gasteiger charge is 2.20. The van der Waals surface area contributed by atoms with Crippen LogP contribution in [0.25, 0.3) is 16.6 Å². The number of halogens is 1. The first-order valence-electron chi connectivity index (χ1n) is 9.71. The topological polar surface area (TPSA) is 33.4 Å². The van der Waals surface area contributed by atoms with Gasteiger partial charge in [-0.05, 0) is 30.4 Å². The maximum atomic E-state index is 13.4. The Balaban J connectivity index is 1.39. The van der Waals surface area contributed by atoms with Gasteiger partial charge in [-0.3, -0.25) is 4.90 Å². The normalized spacial score (nSPS) is 19.2. The number of allylic oxidation sites excluding steroid dienone is 3. The molecular formula is C22H21FN4S. The van der Waals surface area contributed by atoms with E-state index in [4.69, 9.17) is 9.98 Å². The second-order valence-electron chi connectivity index (χ2n) is 7.35. The van der Waals surface area contributed by atoms with Gasteiger partial charge in [0.2, 0.25) is 5.95 Å². The lowest BCUT2D eigenvalue weighted by Gasteiger charge is -2.27. The minimum Gasteiger partial charge on any atom is -0.303 e. The van der Waals surface area contributed by atoms with E-state index in [9.17, 15) is 4.39 Å². The van der Waals surface area contributed by atoms with Crippen LogP contribution in [-0.4, -0.2) is 46.0 Å². The highest BCUT2D eigenvalue weighted by molar-refractivity contribution is 7.15. The molecule has 0 bridgehead atoms. The number of piperidine rings is 1. The standard InChI is InChI=1S/C22H21FN4S/c23-17-8-11-26(12-9-17)14-18-6-4-10-27-15-19(25-22(27)24-18)21-13-16-5-2-1-3-7-20(16)28-21/h1-3,5,13,15,17H,7-12,14H2. The minimum atomic E-state index is -0.661. The number of hydrogen-bond acceptors (Lipinski definition) is 4. The molecule has 0 radical (unpaired) electrons. The molecule has 1 aliphatic carbocycles. The number of aromatic nitrogens is 2. The van der Waals surface area contributed by atoms with Crippen molar-refractivity contribution in [2.45, 2.75) is 32.0 Å². The third-order valence-corrected chi connectivity index (χ3v) is 6.48. The molecule has 28 heavy (non-hydrogen) atoms. The maximum absolute atomic E-state index is 13.4. The molecule has 2 aromatic heterocycles. The zero-order valence-electron chi connectivity index (χ0n) is 15.6. The molecule has 6 heteroatoms. The van der Waals surface area contributed by atoms with Crippen molar-refractivity contribution in [1.29, 1.82) is 0 Å². The van der Waals surface area contributed by atoms with Crippen LogP contribution >= 0.6 is 11.3 Å². The monoisotopic (exact) mass is 392 g/mol. The van der Waals surface area contributed by atoms with Crippen molar-refractivity contribution in [3.8, 4) is 22.4 Å². The second-order valence-corrected chi connectivity index (χ2v) is 8.48. The Hall–Kier alpha value is -2.49. The summed E-state index contributed by atoms with van der Waals surface area (Å²) in [5, 5.41) is 0. The fourth-order valence-electron chi connectivity index (χ4n) is 3.73. The molecule has 0 aromatic carbocycles. The highest BCUT2D eigenvalue weighted by Crippen LogP contribution is 2.34. The molecule has 0 N–H and O–H groups in total. The van der Waals surface area contributed by atoms with E-state index in [1.165, 1.54) is 15.3 Å². The fraction of sp³-hybridized carbons (Fsp3) is 0.364. The molecule has 5 rings (SSSR count). The first-order valence-corrected chi connectivity index (χ1v) is 10.5. The first-order chi connectivity index (χ1) is 13.7. The van der Waals surface area contributed by atoms with Gasteiger partial charge in [0.05, 0.1) is 11.4 Å². The van der Waals surface area contributed by atoms with Crippen LogP contribution in [0.2, 0.25) is 0 Å². The number of alkyl halides is 1. The molecule has 4 heterocycles. The van der Waals surface area contributed by atoms with Gasteiger partial charge in [-0.2, -0.15) is 0 Å². The summed E-state index contributed by atoms with van der Waals surface area (Å²) >= 11 is 1.79. The highest BCUT2D eigenvalue weighted by atomic mass is 32.1. The third kappa shape index (κ3) is 3.60. The van der Waals surface area contributed by atoms with Crippen molar-refractivity contribution >= 4 is 29.1 Å². The Kier molecular flexibility index (Phi) is 4.71. The molecule has 0 saturated carbocycles. The van der Waals surface area contributed by atoms with Gasteiger partial charge >= 0.3 is 0 Å². The van der Waals surface area contributed by atoms with E-state index in [1.54, 1.807) is 11.3 Å². The summed E-state index contributed by atoms with van der Waals surface area (Å²) in [5.74, 6) is 7.06. The summed E-state index contributed by atoms with van der Waals surface area (Å²) < 4.78 is 15.4. The van der Waals surface area contributed by atoms with Crippen LogP contribution in [0.5, 0.6) is 0 Å². The lowest BCUT2D eigenvalue weighted by atomic mass is 10.1. The smallest absolute Gasteiger partial charge is 0.231 e. The van der Waals surface area contributed by atoms with Crippen molar-refractivity contribution in [3.63, 3.8) is 0 Å². The maximum Gasteiger partial charge on any atom is 0.231 e. The van der Waals surface area contributed by atoms with Gasteiger partial charge in [0.15, 0.2) is 0 Å². The summed E-state index contributed by atoms with van der Waals surface area (Å²) in [6.07, 6.45) is 12.1. The minimum absolute atomic E-state index is 0.593. The zero-order chi connectivity index (χ0) is 18.9. The van der Waals surface area contributed by atoms with Crippen molar-refractivity contribution < 1.29 is 4.39 Å². The number of rotatable bonds is 3. The van der Waals surface area contributed by atoms with Crippen LogP contribution in [0.4, 0.5) is 10.3 Å². The molecule has 1 saturated heterocycles. The van der Waals surface area contributed by atoms with Gasteiger partial charge in [0.25, 0.3) is 0 Å². The molecule has 2 aromatic rings. The number of likely N-dealkylation sites (tertiary alicyclic amines) is 1. The molecule has 0 spiro atoms. The largest absolute Gasteiger partial charge is 0.303 e. The second kappa shape index (κ2) is 7.50. The van der Waals surface area contributed by atoms with E-state index >= 15 is 0 Å². The Morgan fingerprint density at radius 2 is 2.14 bits per heavy atom. The Morgan fingerprint density at radius 1 is 1.25 bits per heavy atom. The number of fused-ring (bicyclic) bond motifs is 2. The van der Waals surface area contributed by atoms with Gasteiger partial charge in [0, 0.05) is 37.1 Å². The third-order valence-electron chi connectivity index (χ3n) is 5.28. The quantitative estimate of drug-likeness (QED) is 0.732. The van der Waals surface area contributed by atoms with Crippen molar-refractivity contribution in [2.75, 3.05) is 19.6 Å². The first kappa shape index (κ1) is 17.6. The molecule has 1 fully saturated rings. The summed E-state index contributed by atoms with van der Waals surface area (Å²) in [6, 6.07) is 2.21. The van der Waals surface area contributed by atoms with Crippen LogP contribution < -0.4 is 0 Å². The van der Waals surface area contributed by atoms with Crippen LogP contribution in [0.15, 0.2) is 35.5 Å². The molecular weight excluding hydrogens is 371 g/mol. The molecule has 0 atom stereocenters. The van der Waals surface area contributed by atoms with Gasteiger partial charge in [-0.25, -0.2) is 14.4 Å². The Labute approximate surface area is 168 Å². The van der Waals surface area contributed by atoms with Gasteiger partial charge < -0.3 is 4.57 Å².